The summed E-state index contributed by atoms with van der Waals surface area (Å²) in [7, 11) is 0. The third-order valence-electron chi connectivity index (χ3n) is 2.01. The van der Waals surface area contributed by atoms with Gasteiger partial charge in [0, 0.05) is 5.02 Å². The molecule has 1 heterocycles. The van der Waals surface area contributed by atoms with Gasteiger partial charge in [0.1, 0.15) is 11.5 Å². The molecule has 0 amide bonds. The van der Waals surface area contributed by atoms with Crippen molar-refractivity contribution in [2.24, 2.45) is 0 Å². The summed E-state index contributed by atoms with van der Waals surface area (Å²) in [5, 5.41) is 11.1. The summed E-state index contributed by atoms with van der Waals surface area (Å²) in [6, 6.07) is 4.31. The lowest BCUT2D eigenvalue weighted by atomic mass is 10.3. The van der Waals surface area contributed by atoms with Gasteiger partial charge in [-0.05, 0) is 35.5 Å². The maximum absolute atomic E-state index is 13.6. The molecule has 4 nitrogen and oxygen atoms in total. The molecular formula is C9H8ClFN4S. The van der Waals surface area contributed by atoms with Crippen molar-refractivity contribution in [1.29, 1.82) is 0 Å². The smallest absolute Gasteiger partial charge is 0.169 e. The van der Waals surface area contributed by atoms with E-state index in [0.29, 0.717) is 10.8 Å². The van der Waals surface area contributed by atoms with Gasteiger partial charge < -0.3 is 0 Å². The number of halogens is 2. The molecule has 1 aromatic heterocycles. The zero-order chi connectivity index (χ0) is 11.7. The van der Waals surface area contributed by atoms with E-state index in [1.165, 1.54) is 16.8 Å². The van der Waals surface area contributed by atoms with Gasteiger partial charge in [0.05, 0.1) is 5.25 Å². The summed E-state index contributed by atoms with van der Waals surface area (Å²) in [6.07, 6.45) is 0. The second-order valence-electron chi connectivity index (χ2n) is 3.22. The fourth-order valence-electron chi connectivity index (χ4n) is 1.28. The largest absolute Gasteiger partial charge is 0.205 e. The van der Waals surface area contributed by atoms with Crippen LogP contribution in [0.1, 0.15) is 18.0 Å². The summed E-state index contributed by atoms with van der Waals surface area (Å²) >= 11 is 9.88. The molecule has 2 aromatic rings. The fourth-order valence-corrected chi connectivity index (χ4v) is 1.60. The molecule has 1 atom stereocenters. The summed E-state index contributed by atoms with van der Waals surface area (Å²) in [4.78, 5) is 0. The van der Waals surface area contributed by atoms with E-state index in [9.17, 15) is 4.39 Å². The van der Waals surface area contributed by atoms with Crippen molar-refractivity contribution in [1.82, 2.24) is 20.2 Å². The van der Waals surface area contributed by atoms with Gasteiger partial charge in [-0.2, -0.15) is 17.3 Å². The van der Waals surface area contributed by atoms with E-state index in [0.717, 1.165) is 0 Å². The number of hydrogen-bond donors (Lipinski definition) is 1. The first-order valence-corrected chi connectivity index (χ1v) is 5.41. The molecule has 1 aromatic carbocycles. The number of thiol groups is 1. The molecule has 0 saturated carbocycles. The summed E-state index contributed by atoms with van der Waals surface area (Å²) in [5.41, 5.74) is 0.255. The van der Waals surface area contributed by atoms with E-state index in [1.807, 2.05) is 0 Å². The molecule has 0 saturated heterocycles. The number of aromatic nitrogens is 4. The molecular weight excluding hydrogens is 251 g/mol. The van der Waals surface area contributed by atoms with Crippen LogP contribution in [0.5, 0.6) is 0 Å². The first-order chi connectivity index (χ1) is 7.59. The van der Waals surface area contributed by atoms with Crippen molar-refractivity contribution in [3.05, 3.63) is 34.9 Å². The number of rotatable bonds is 2. The molecule has 0 bridgehead atoms. The average molecular weight is 259 g/mol. The molecule has 0 aliphatic heterocycles. The molecule has 0 N–H and O–H groups in total. The minimum Gasteiger partial charge on any atom is -0.205 e. The number of benzene rings is 1. The Balaban J connectivity index is 2.54. The highest BCUT2D eigenvalue weighted by Crippen LogP contribution is 2.22. The quantitative estimate of drug-likeness (QED) is 0.842. The second-order valence-corrected chi connectivity index (χ2v) is 4.43. The third-order valence-corrected chi connectivity index (χ3v) is 2.47. The lowest BCUT2D eigenvalue weighted by Gasteiger charge is -2.07. The van der Waals surface area contributed by atoms with Crippen LogP contribution in [-0.2, 0) is 0 Å². The van der Waals surface area contributed by atoms with Crippen molar-refractivity contribution in [3.8, 4) is 5.69 Å². The SMILES string of the molecule is CC(S)c1nnnn1-c1ccc(Cl)cc1F. The average Bonchev–Trinajstić information content (AvgIpc) is 2.66. The number of nitrogens with zero attached hydrogens (tertiary/aromatic N) is 4. The van der Waals surface area contributed by atoms with Gasteiger partial charge >= 0.3 is 0 Å². The van der Waals surface area contributed by atoms with Gasteiger partial charge in [-0.25, -0.2) is 4.39 Å². The highest BCUT2D eigenvalue weighted by Gasteiger charge is 2.15. The van der Waals surface area contributed by atoms with Crippen molar-refractivity contribution in [3.63, 3.8) is 0 Å². The van der Waals surface area contributed by atoms with Crippen LogP contribution in [0.25, 0.3) is 5.69 Å². The van der Waals surface area contributed by atoms with Crippen LogP contribution < -0.4 is 0 Å². The Bertz CT molecular complexity index is 514. The molecule has 1 unspecified atom stereocenters. The maximum atomic E-state index is 13.6. The fraction of sp³-hybridized carbons (Fsp3) is 0.222. The van der Waals surface area contributed by atoms with Crippen molar-refractivity contribution in [2.45, 2.75) is 12.2 Å². The number of hydrogen-bond acceptors (Lipinski definition) is 4. The minimum absolute atomic E-state index is 0.190. The van der Waals surface area contributed by atoms with Crippen LogP contribution in [0.15, 0.2) is 18.2 Å². The van der Waals surface area contributed by atoms with Gasteiger partial charge in [-0.1, -0.05) is 11.6 Å². The third kappa shape index (κ3) is 2.03. The Kier molecular flexibility index (Phi) is 3.11. The van der Waals surface area contributed by atoms with Crippen LogP contribution in [0.3, 0.4) is 0 Å². The van der Waals surface area contributed by atoms with Crippen LogP contribution in [0.2, 0.25) is 5.02 Å². The standard InChI is InChI=1S/C9H8ClFN4S/c1-5(16)9-12-13-14-15(9)8-3-2-6(10)4-7(8)11/h2-5,16H,1H3. The Labute approximate surface area is 102 Å². The van der Waals surface area contributed by atoms with E-state index < -0.39 is 5.82 Å². The monoisotopic (exact) mass is 258 g/mol. The molecule has 0 aliphatic rings. The Morgan fingerprint density at radius 3 is 2.88 bits per heavy atom. The van der Waals surface area contributed by atoms with Crippen molar-refractivity contribution < 1.29 is 4.39 Å². The van der Waals surface area contributed by atoms with Gasteiger partial charge in [0.15, 0.2) is 5.82 Å². The molecule has 7 heteroatoms. The Morgan fingerprint density at radius 1 is 1.50 bits per heavy atom. The first kappa shape index (κ1) is 11.3. The van der Waals surface area contributed by atoms with E-state index >= 15 is 0 Å². The maximum Gasteiger partial charge on any atom is 0.169 e. The molecule has 16 heavy (non-hydrogen) atoms. The number of tetrazole rings is 1. The topological polar surface area (TPSA) is 43.6 Å². The molecule has 0 spiro atoms. The first-order valence-electron chi connectivity index (χ1n) is 4.51. The highest BCUT2D eigenvalue weighted by molar-refractivity contribution is 7.80. The van der Waals surface area contributed by atoms with E-state index in [1.54, 1.807) is 13.0 Å². The molecule has 0 radical (unpaired) electrons. The summed E-state index contributed by atoms with van der Waals surface area (Å²) in [5.74, 6) is -0.000380. The van der Waals surface area contributed by atoms with Crippen LogP contribution >= 0.6 is 24.2 Å². The molecule has 84 valence electrons. The van der Waals surface area contributed by atoms with E-state index in [-0.39, 0.29) is 10.9 Å². The summed E-state index contributed by atoms with van der Waals surface area (Å²) in [6.45, 7) is 1.80. The predicted octanol–water partition coefficient (Wildman–Crippen LogP) is 2.45. The lowest BCUT2D eigenvalue weighted by molar-refractivity contribution is 0.602. The van der Waals surface area contributed by atoms with Gasteiger partial charge in [0.2, 0.25) is 0 Å². The van der Waals surface area contributed by atoms with Gasteiger partial charge in [0.25, 0.3) is 0 Å². The predicted molar refractivity (Wildman–Crippen MR) is 61.5 cm³/mol. The van der Waals surface area contributed by atoms with Gasteiger partial charge in [-0.15, -0.1) is 5.10 Å². The van der Waals surface area contributed by atoms with Crippen molar-refractivity contribution in [2.75, 3.05) is 0 Å². The van der Waals surface area contributed by atoms with E-state index in [4.69, 9.17) is 11.6 Å². The normalized spacial score (nSPS) is 12.8. The Morgan fingerprint density at radius 2 is 2.25 bits per heavy atom. The van der Waals surface area contributed by atoms with Gasteiger partial charge in [-0.3, -0.25) is 0 Å². The lowest BCUT2D eigenvalue weighted by Crippen LogP contribution is -2.05. The van der Waals surface area contributed by atoms with Crippen LogP contribution in [0.4, 0.5) is 4.39 Å². The molecule has 0 fully saturated rings. The highest BCUT2D eigenvalue weighted by atomic mass is 35.5. The zero-order valence-corrected chi connectivity index (χ0v) is 9.95. The minimum atomic E-state index is -0.477. The van der Waals surface area contributed by atoms with Crippen LogP contribution in [-0.4, -0.2) is 20.2 Å². The molecule has 2 rings (SSSR count). The summed E-state index contributed by atoms with van der Waals surface area (Å²) < 4.78 is 14.9. The molecule has 0 aliphatic carbocycles. The van der Waals surface area contributed by atoms with Crippen LogP contribution in [0, 0.1) is 5.82 Å². The second kappa shape index (κ2) is 4.39. The Hall–Kier alpha value is -1.14. The van der Waals surface area contributed by atoms with E-state index in [2.05, 4.69) is 28.2 Å². The zero-order valence-electron chi connectivity index (χ0n) is 8.30. The van der Waals surface area contributed by atoms with Crippen molar-refractivity contribution >= 4 is 24.2 Å².